The highest BCUT2D eigenvalue weighted by Crippen LogP contribution is 2.18. The predicted octanol–water partition coefficient (Wildman–Crippen LogP) is 2.67. The minimum Gasteiger partial charge on any atom is -0.313 e. The molecular formula is C16H28N2O2S. The fraction of sp³-hybridized carbons (Fsp3) is 0.625. The zero-order chi connectivity index (χ0) is 16.0. The smallest absolute Gasteiger partial charge is 0.240 e. The van der Waals surface area contributed by atoms with E-state index in [9.17, 15) is 8.42 Å². The summed E-state index contributed by atoms with van der Waals surface area (Å²) < 4.78 is 27.7. The van der Waals surface area contributed by atoms with E-state index in [1.807, 2.05) is 26.0 Å². The normalized spacial score (nSPS) is 13.6. The Kier molecular flexibility index (Phi) is 6.84. The molecule has 0 saturated heterocycles. The molecule has 0 aliphatic carbocycles. The molecule has 1 atom stereocenters. The van der Waals surface area contributed by atoms with Crippen LogP contribution in [-0.4, -0.2) is 21.5 Å². The molecule has 0 amide bonds. The Balaban J connectivity index is 2.91. The molecular weight excluding hydrogens is 284 g/mol. The van der Waals surface area contributed by atoms with Gasteiger partial charge in [-0.15, -0.1) is 0 Å². The fourth-order valence-electron chi connectivity index (χ4n) is 1.87. The summed E-state index contributed by atoms with van der Waals surface area (Å²) in [5.41, 5.74) is 1.76. The molecule has 0 heterocycles. The minimum atomic E-state index is -3.44. The van der Waals surface area contributed by atoms with Crippen molar-refractivity contribution >= 4 is 10.0 Å². The summed E-state index contributed by atoms with van der Waals surface area (Å²) in [5, 5.41) is 3.21. The Morgan fingerprint density at radius 3 is 2.43 bits per heavy atom. The highest BCUT2D eigenvalue weighted by molar-refractivity contribution is 7.89. The van der Waals surface area contributed by atoms with Gasteiger partial charge in [0, 0.05) is 13.1 Å². The third-order valence-corrected chi connectivity index (χ3v) is 5.42. The van der Waals surface area contributed by atoms with Crippen molar-refractivity contribution in [2.45, 2.75) is 46.1 Å². The van der Waals surface area contributed by atoms with Gasteiger partial charge in [0.15, 0.2) is 0 Å². The molecule has 2 N–H and O–H groups in total. The first-order chi connectivity index (χ1) is 9.77. The molecule has 120 valence electrons. The Bertz CT molecular complexity index is 553. The highest BCUT2D eigenvalue weighted by Gasteiger charge is 2.19. The monoisotopic (exact) mass is 312 g/mol. The van der Waals surface area contributed by atoms with Crippen LogP contribution >= 0.6 is 0 Å². The van der Waals surface area contributed by atoms with Crippen molar-refractivity contribution < 1.29 is 8.42 Å². The third kappa shape index (κ3) is 5.41. The second-order valence-corrected chi connectivity index (χ2v) is 7.69. The maximum Gasteiger partial charge on any atom is 0.240 e. The van der Waals surface area contributed by atoms with E-state index in [2.05, 4.69) is 30.8 Å². The molecule has 0 spiro atoms. The van der Waals surface area contributed by atoms with E-state index >= 15 is 0 Å². The van der Waals surface area contributed by atoms with Crippen LogP contribution in [0, 0.1) is 18.8 Å². The first-order valence-electron chi connectivity index (χ1n) is 7.57. The molecule has 1 unspecified atom stereocenters. The highest BCUT2D eigenvalue weighted by atomic mass is 32.2. The average molecular weight is 312 g/mol. The summed E-state index contributed by atoms with van der Waals surface area (Å²) in [5.74, 6) is 0.763. The zero-order valence-corrected chi connectivity index (χ0v) is 14.5. The molecule has 1 aromatic rings. The van der Waals surface area contributed by atoms with Crippen molar-refractivity contribution in [2.75, 3.05) is 13.1 Å². The summed E-state index contributed by atoms with van der Waals surface area (Å²) >= 11 is 0. The SMILES string of the molecule is CCNCc1ccc(C)c(S(=O)(=O)NCC(C)C(C)C)c1. The maximum atomic E-state index is 12.5. The molecule has 0 bridgehead atoms. The summed E-state index contributed by atoms with van der Waals surface area (Å²) in [6, 6.07) is 5.60. The van der Waals surface area contributed by atoms with Crippen LogP contribution in [0.4, 0.5) is 0 Å². The number of benzene rings is 1. The van der Waals surface area contributed by atoms with E-state index in [0.717, 1.165) is 17.7 Å². The zero-order valence-electron chi connectivity index (χ0n) is 13.7. The van der Waals surface area contributed by atoms with Gasteiger partial charge in [-0.1, -0.05) is 39.8 Å². The maximum absolute atomic E-state index is 12.5. The molecule has 21 heavy (non-hydrogen) atoms. The van der Waals surface area contributed by atoms with Gasteiger partial charge in [0.25, 0.3) is 0 Å². The van der Waals surface area contributed by atoms with E-state index in [4.69, 9.17) is 0 Å². The quantitative estimate of drug-likeness (QED) is 0.776. The van der Waals surface area contributed by atoms with Crippen molar-refractivity contribution in [2.24, 2.45) is 11.8 Å². The Labute approximate surface area is 129 Å². The molecule has 5 heteroatoms. The number of hydrogen-bond acceptors (Lipinski definition) is 3. The van der Waals surface area contributed by atoms with Crippen LogP contribution < -0.4 is 10.0 Å². The van der Waals surface area contributed by atoms with Crippen LogP contribution in [0.5, 0.6) is 0 Å². The molecule has 1 aromatic carbocycles. The summed E-state index contributed by atoms with van der Waals surface area (Å²) in [7, 11) is -3.44. The van der Waals surface area contributed by atoms with Crippen LogP contribution in [0.15, 0.2) is 23.1 Å². The van der Waals surface area contributed by atoms with Gasteiger partial charge in [0.2, 0.25) is 10.0 Å². The van der Waals surface area contributed by atoms with Gasteiger partial charge in [-0.05, 0) is 42.5 Å². The van der Waals surface area contributed by atoms with Gasteiger partial charge in [0.05, 0.1) is 4.90 Å². The van der Waals surface area contributed by atoms with E-state index < -0.39 is 10.0 Å². The Morgan fingerprint density at radius 1 is 1.19 bits per heavy atom. The van der Waals surface area contributed by atoms with E-state index in [1.165, 1.54) is 0 Å². The molecule has 0 aromatic heterocycles. The molecule has 0 fully saturated rings. The topological polar surface area (TPSA) is 58.2 Å². The average Bonchev–Trinajstić information content (AvgIpc) is 2.43. The van der Waals surface area contributed by atoms with Crippen LogP contribution in [0.1, 0.15) is 38.8 Å². The largest absolute Gasteiger partial charge is 0.313 e. The van der Waals surface area contributed by atoms with Crippen LogP contribution in [0.3, 0.4) is 0 Å². The summed E-state index contributed by atoms with van der Waals surface area (Å²) in [4.78, 5) is 0.383. The fourth-order valence-corrected chi connectivity index (χ4v) is 3.30. The second kappa shape index (κ2) is 7.92. The lowest BCUT2D eigenvalue weighted by Crippen LogP contribution is -2.30. The summed E-state index contributed by atoms with van der Waals surface area (Å²) in [6.07, 6.45) is 0. The van der Waals surface area contributed by atoms with Crippen LogP contribution in [0.2, 0.25) is 0 Å². The van der Waals surface area contributed by atoms with Crippen LogP contribution in [-0.2, 0) is 16.6 Å². The van der Waals surface area contributed by atoms with Crippen molar-refractivity contribution in [3.8, 4) is 0 Å². The van der Waals surface area contributed by atoms with E-state index in [0.29, 0.717) is 29.8 Å². The lowest BCUT2D eigenvalue weighted by molar-refractivity contribution is 0.414. The lowest BCUT2D eigenvalue weighted by Gasteiger charge is -2.17. The van der Waals surface area contributed by atoms with Gasteiger partial charge in [-0.25, -0.2) is 13.1 Å². The molecule has 4 nitrogen and oxygen atoms in total. The van der Waals surface area contributed by atoms with Crippen molar-refractivity contribution in [3.63, 3.8) is 0 Å². The molecule has 0 aliphatic rings. The number of rotatable bonds is 8. The third-order valence-electron chi connectivity index (χ3n) is 3.85. The molecule has 0 radical (unpaired) electrons. The van der Waals surface area contributed by atoms with Crippen LogP contribution in [0.25, 0.3) is 0 Å². The number of sulfonamides is 1. The molecule has 0 aliphatic heterocycles. The van der Waals surface area contributed by atoms with E-state index in [1.54, 1.807) is 6.07 Å². The summed E-state index contributed by atoms with van der Waals surface area (Å²) in [6.45, 7) is 12.1. The Morgan fingerprint density at radius 2 is 1.86 bits per heavy atom. The first-order valence-corrected chi connectivity index (χ1v) is 9.06. The minimum absolute atomic E-state index is 0.310. The van der Waals surface area contributed by atoms with Gasteiger partial charge in [-0.3, -0.25) is 0 Å². The first kappa shape index (κ1) is 18.1. The predicted molar refractivity (Wildman–Crippen MR) is 87.8 cm³/mol. The number of hydrogen-bond donors (Lipinski definition) is 2. The lowest BCUT2D eigenvalue weighted by atomic mass is 9.99. The van der Waals surface area contributed by atoms with E-state index in [-0.39, 0.29) is 0 Å². The molecule has 0 saturated carbocycles. The van der Waals surface area contributed by atoms with Gasteiger partial charge in [0.1, 0.15) is 0 Å². The Hall–Kier alpha value is -0.910. The van der Waals surface area contributed by atoms with Crippen molar-refractivity contribution in [1.82, 2.24) is 10.0 Å². The second-order valence-electron chi connectivity index (χ2n) is 5.95. The van der Waals surface area contributed by atoms with Gasteiger partial charge >= 0.3 is 0 Å². The molecule has 1 rings (SSSR count). The standard InChI is InChI=1S/C16H28N2O2S/c1-6-17-11-15-8-7-13(4)16(9-15)21(19,20)18-10-14(5)12(2)3/h7-9,12,14,17-18H,6,10-11H2,1-5H3. The number of nitrogens with one attached hydrogen (secondary N) is 2. The van der Waals surface area contributed by atoms with Gasteiger partial charge < -0.3 is 5.32 Å². The van der Waals surface area contributed by atoms with Gasteiger partial charge in [-0.2, -0.15) is 0 Å². The van der Waals surface area contributed by atoms with Crippen molar-refractivity contribution in [3.05, 3.63) is 29.3 Å². The van der Waals surface area contributed by atoms with Crippen molar-refractivity contribution in [1.29, 1.82) is 0 Å². The number of aryl methyl sites for hydroxylation is 1.